The van der Waals surface area contributed by atoms with Crippen LogP contribution in [-0.4, -0.2) is 75.8 Å². The third-order valence-corrected chi connectivity index (χ3v) is 5.05. The van der Waals surface area contributed by atoms with Crippen LogP contribution in [0.1, 0.15) is 38.7 Å². The molecule has 0 fully saturated rings. The monoisotopic (exact) mass is 494 g/mol. The molecule has 0 aliphatic rings. The molecule has 1 aromatic rings. The minimum Gasteiger partial charge on any atom is -0.481 e. The van der Waals surface area contributed by atoms with Crippen molar-refractivity contribution in [1.82, 2.24) is 16.0 Å². The van der Waals surface area contributed by atoms with Gasteiger partial charge >= 0.3 is 11.9 Å². The Balaban J connectivity index is 2.96. The smallest absolute Gasteiger partial charge is 0.328 e. The van der Waals surface area contributed by atoms with Crippen molar-refractivity contribution < 1.29 is 39.3 Å². The van der Waals surface area contributed by atoms with Gasteiger partial charge in [0, 0.05) is 6.42 Å². The molecule has 35 heavy (non-hydrogen) atoms. The standard InChI is InChI=1S/C23H34N4O8/c1-13(2)10-17(22(33)27-18(12-28)23(34)35)26-21(32)16(8-9-19(29)30)25-20(31)15(24)11-14-6-4-3-5-7-14/h3-7,13,15-18,28H,8-12,24H2,1-2H3,(H,25,31)(H,26,32)(H,27,33)(H,29,30)(H,34,35). The minimum atomic E-state index is -1.56. The second-order valence-corrected chi connectivity index (χ2v) is 8.56. The predicted molar refractivity (Wildman–Crippen MR) is 125 cm³/mol. The van der Waals surface area contributed by atoms with Crippen LogP contribution >= 0.6 is 0 Å². The fourth-order valence-electron chi connectivity index (χ4n) is 3.21. The van der Waals surface area contributed by atoms with Crippen molar-refractivity contribution in [3.8, 4) is 0 Å². The summed E-state index contributed by atoms with van der Waals surface area (Å²) in [5.41, 5.74) is 6.76. The van der Waals surface area contributed by atoms with Crippen LogP contribution in [0.3, 0.4) is 0 Å². The van der Waals surface area contributed by atoms with Gasteiger partial charge in [0.25, 0.3) is 0 Å². The summed E-state index contributed by atoms with van der Waals surface area (Å²) in [6, 6.07) is 3.91. The van der Waals surface area contributed by atoms with Crippen molar-refractivity contribution in [2.45, 2.75) is 63.7 Å². The van der Waals surface area contributed by atoms with Crippen LogP contribution in [0.5, 0.6) is 0 Å². The van der Waals surface area contributed by atoms with Crippen LogP contribution in [0.4, 0.5) is 0 Å². The van der Waals surface area contributed by atoms with Crippen LogP contribution in [0.25, 0.3) is 0 Å². The number of aliphatic hydroxyl groups is 1. The van der Waals surface area contributed by atoms with Gasteiger partial charge < -0.3 is 37.0 Å². The number of carbonyl (C=O) groups is 5. The van der Waals surface area contributed by atoms with Crippen LogP contribution in [0.2, 0.25) is 0 Å². The van der Waals surface area contributed by atoms with Gasteiger partial charge in [-0.15, -0.1) is 0 Å². The molecule has 0 aliphatic carbocycles. The lowest BCUT2D eigenvalue weighted by molar-refractivity contribution is -0.143. The van der Waals surface area contributed by atoms with Crippen molar-refractivity contribution in [2.24, 2.45) is 11.7 Å². The molecule has 8 N–H and O–H groups in total. The molecule has 12 nitrogen and oxygen atoms in total. The molecule has 0 spiro atoms. The Labute approximate surface area is 203 Å². The third kappa shape index (κ3) is 11.0. The zero-order valence-corrected chi connectivity index (χ0v) is 19.8. The van der Waals surface area contributed by atoms with E-state index in [0.717, 1.165) is 5.56 Å². The molecular weight excluding hydrogens is 460 g/mol. The second kappa shape index (κ2) is 14.7. The Morgan fingerprint density at radius 2 is 1.40 bits per heavy atom. The first-order chi connectivity index (χ1) is 16.4. The van der Waals surface area contributed by atoms with E-state index >= 15 is 0 Å². The lowest BCUT2D eigenvalue weighted by Crippen LogP contribution is -2.57. The number of carbonyl (C=O) groups excluding carboxylic acids is 3. The van der Waals surface area contributed by atoms with Gasteiger partial charge in [0.1, 0.15) is 18.1 Å². The molecular formula is C23H34N4O8. The Bertz CT molecular complexity index is 878. The van der Waals surface area contributed by atoms with Crippen molar-refractivity contribution in [1.29, 1.82) is 0 Å². The van der Waals surface area contributed by atoms with Gasteiger partial charge in [-0.25, -0.2) is 4.79 Å². The van der Waals surface area contributed by atoms with E-state index in [9.17, 15) is 24.0 Å². The molecule has 0 radical (unpaired) electrons. The lowest BCUT2D eigenvalue weighted by atomic mass is 10.0. The molecule has 0 aliphatic heterocycles. The number of benzene rings is 1. The van der Waals surface area contributed by atoms with Crippen molar-refractivity contribution in [2.75, 3.05) is 6.61 Å². The van der Waals surface area contributed by atoms with Gasteiger partial charge in [-0.05, 0) is 30.7 Å². The fraction of sp³-hybridized carbons (Fsp3) is 0.522. The normalized spacial score (nSPS) is 14.3. The number of hydrogen-bond acceptors (Lipinski definition) is 7. The molecule has 194 valence electrons. The molecule has 0 heterocycles. The fourth-order valence-corrected chi connectivity index (χ4v) is 3.21. The second-order valence-electron chi connectivity index (χ2n) is 8.56. The van der Waals surface area contributed by atoms with Gasteiger partial charge in [0.05, 0.1) is 12.6 Å². The first-order valence-electron chi connectivity index (χ1n) is 11.2. The molecule has 0 bridgehead atoms. The molecule has 1 aromatic carbocycles. The third-order valence-electron chi connectivity index (χ3n) is 5.05. The summed E-state index contributed by atoms with van der Waals surface area (Å²) < 4.78 is 0. The first-order valence-corrected chi connectivity index (χ1v) is 11.2. The Kier molecular flexibility index (Phi) is 12.4. The highest BCUT2D eigenvalue weighted by Crippen LogP contribution is 2.08. The molecule has 3 amide bonds. The Hall–Kier alpha value is -3.51. The molecule has 0 aromatic heterocycles. The molecule has 0 saturated heterocycles. The minimum absolute atomic E-state index is 0.0881. The number of aliphatic hydroxyl groups excluding tert-OH is 1. The Morgan fingerprint density at radius 3 is 1.91 bits per heavy atom. The van der Waals surface area contributed by atoms with E-state index in [1.54, 1.807) is 38.1 Å². The highest BCUT2D eigenvalue weighted by molar-refractivity contribution is 5.94. The number of hydrogen-bond donors (Lipinski definition) is 7. The SMILES string of the molecule is CC(C)CC(NC(=O)C(CCC(=O)O)NC(=O)C(N)Cc1ccccc1)C(=O)NC(CO)C(=O)O. The summed E-state index contributed by atoms with van der Waals surface area (Å²) in [4.78, 5) is 60.4. The van der Waals surface area contributed by atoms with E-state index in [1.807, 2.05) is 6.07 Å². The zero-order valence-electron chi connectivity index (χ0n) is 19.8. The summed E-state index contributed by atoms with van der Waals surface area (Å²) >= 11 is 0. The van der Waals surface area contributed by atoms with Gasteiger partial charge in [-0.3, -0.25) is 19.2 Å². The lowest BCUT2D eigenvalue weighted by Gasteiger charge is -2.25. The maximum absolute atomic E-state index is 13.0. The quantitative estimate of drug-likeness (QED) is 0.159. The van der Waals surface area contributed by atoms with E-state index < -0.39 is 66.9 Å². The number of carboxylic acid groups (broad SMARTS) is 2. The number of carboxylic acids is 2. The van der Waals surface area contributed by atoms with Gasteiger partial charge in [-0.2, -0.15) is 0 Å². The van der Waals surface area contributed by atoms with E-state index in [0.29, 0.717) is 0 Å². The summed E-state index contributed by atoms with van der Waals surface area (Å²) in [5.74, 6) is -5.05. The van der Waals surface area contributed by atoms with Crippen molar-refractivity contribution in [3.63, 3.8) is 0 Å². The Morgan fingerprint density at radius 1 is 0.857 bits per heavy atom. The molecule has 4 atom stereocenters. The number of amides is 3. The first kappa shape index (κ1) is 29.5. The summed E-state index contributed by atoms with van der Waals surface area (Å²) in [7, 11) is 0. The van der Waals surface area contributed by atoms with Gasteiger partial charge in [-0.1, -0.05) is 44.2 Å². The predicted octanol–water partition coefficient (Wildman–Crippen LogP) is -1.00. The van der Waals surface area contributed by atoms with E-state index in [1.165, 1.54) is 0 Å². The maximum Gasteiger partial charge on any atom is 0.328 e. The summed E-state index contributed by atoms with van der Waals surface area (Å²) in [6.45, 7) is 2.71. The van der Waals surface area contributed by atoms with Crippen LogP contribution in [0, 0.1) is 5.92 Å². The molecule has 0 saturated carbocycles. The maximum atomic E-state index is 13.0. The average molecular weight is 495 g/mol. The van der Waals surface area contributed by atoms with Crippen molar-refractivity contribution in [3.05, 3.63) is 35.9 Å². The van der Waals surface area contributed by atoms with E-state index in [2.05, 4.69) is 16.0 Å². The van der Waals surface area contributed by atoms with E-state index in [-0.39, 0.29) is 25.2 Å². The number of nitrogens with one attached hydrogen (secondary N) is 3. The van der Waals surface area contributed by atoms with Crippen molar-refractivity contribution >= 4 is 29.7 Å². The topological polar surface area (TPSA) is 208 Å². The highest BCUT2D eigenvalue weighted by Gasteiger charge is 2.30. The van der Waals surface area contributed by atoms with Gasteiger partial charge in [0.15, 0.2) is 0 Å². The number of rotatable bonds is 15. The highest BCUT2D eigenvalue weighted by atomic mass is 16.4. The molecule has 12 heteroatoms. The van der Waals surface area contributed by atoms with Crippen LogP contribution in [-0.2, 0) is 30.4 Å². The summed E-state index contributed by atoms with van der Waals surface area (Å²) in [5, 5.41) is 34.3. The van der Waals surface area contributed by atoms with E-state index in [4.69, 9.17) is 21.1 Å². The van der Waals surface area contributed by atoms with Gasteiger partial charge in [0.2, 0.25) is 17.7 Å². The molecule has 1 rings (SSSR count). The summed E-state index contributed by atoms with van der Waals surface area (Å²) in [6.07, 6.45) is -0.368. The zero-order chi connectivity index (χ0) is 26.5. The largest absolute Gasteiger partial charge is 0.481 e. The van der Waals surface area contributed by atoms with Crippen LogP contribution in [0.15, 0.2) is 30.3 Å². The molecule has 4 unspecified atom stereocenters. The van der Waals surface area contributed by atoms with Crippen LogP contribution < -0.4 is 21.7 Å². The number of nitrogens with two attached hydrogens (primary N) is 1. The average Bonchev–Trinajstić information content (AvgIpc) is 2.79. The number of aliphatic carboxylic acids is 2.